The summed E-state index contributed by atoms with van der Waals surface area (Å²) in [4.78, 5) is 19.2. The summed E-state index contributed by atoms with van der Waals surface area (Å²) in [5, 5.41) is 0.0597. The van der Waals surface area contributed by atoms with E-state index in [1.807, 2.05) is 6.92 Å². The minimum absolute atomic E-state index is 0.0304. The van der Waals surface area contributed by atoms with Gasteiger partial charge in [0.05, 0.1) is 6.33 Å². The fraction of sp³-hybridized carbons (Fsp3) is 0.500. The van der Waals surface area contributed by atoms with Crippen LogP contribution in [0.2, 0.25) is 5.02 Å². The highest BCUT2D eigenvalue weighted by Gasteiger charge is 2.11. The highest BCUT2D eigenvalue weighted by atomic mass is 35.5. The average molecular weight is 236 g/mol. The molecule has 0 aromatic carbocycles. The summed E-state index contributed by atoms with van der Waals surface area (Å²) < 4.78 is 0. The first-order valence-electron chi connectivity index (χ1n) is 4.10. The van der Waals surface area contributed by atoms with Gasteiger partial charge in [-0.1, -0.05) is 11.6 Å². The Balaban J connectivity index is 2.95. The first-order chi connectivity index (χ1) is 6.52. The van der Waals surface area contributed by atoms with Crippen LogP contribution >= 0.6 is 23.2 Å². The molecule has 0 aliphatic rings. The van der Waals surface area contributed by atoms with Crippen molar-refractivity contribution in [1.82, 2.24) is 9.97 Å². The summed E-state index contributed by atoms with van der Waals surface area (Å²) in [7, 11) is 1.78. The lowest BCUT2D eigenvalue weighted by atomic mass is 10.4. The molecule has 0 bridgehead atoms. The molecule has 0 saturated heterocycles. The second kappa shape index (κ2) is 4.66. The zero-order valence-electron chi connectivity index (χ0n) is 7.92. The van der Waals surface area contributed by atoms with Crippen molar-refractivity contribution >= 4 is 29.0 Å². The normalized spacial score (nSPS) is 12.6. The molecule has 14 heavy (non-hydrogen) atoms. The number of hydrogen-bond donors (Lipinski definition) is 1. The zero-order valence-corrected chi connectivity index (χ0v) is 9.43. The number of anilines is 1. The molecule has 1 aromatic rings. The van der Waals surface area contributed by atoms with E-state index in [9.17, 15) is 4.79 Å². The third-order valence-electron chi connectivity index (χ3n) is 1.67. The molecule has 1 aromatic heterocycles. The van der Waals surface area contributed by atoms with Gasteiger partial charge in [-0.3, -0.25) is 4.79 Å². The van der Waals surface area contributed by atoms with Crippen molar-refractivity contribution in [2.45, 2.75) is 12.3 Å². The fourth-order valence-corrected chi connectivity index (χ4v) is 1.56. The molecule has 0 aliphatic carbocycles. The topological polar surface area (TPSA) is 49.0 Å². The van der Waals surface area contributed by atoms with E-state index in [-0.39, 0.29) is 16.0 Å². The second-order valence-corrected chi connectivity index (χ2v) is 4.15. The Morgan fingerprint density at radius 2 is 2.36 bits per heavy atom. The van der Waals surface area contributed by atoms with E-state index in [1.54, 1.807) is 11.9 Å². The molecule has 0 aliphatic heterocycles. The molecule has 0 amide bonds. The van der Waals surface area contributed by atoms with Crippen LogP contribution in [0.4, 0.5) is 5.82 Å². The van der Waals surface area contributed by atoms with Crippen LogP contribution < -0.4 is 10.5 Å². The largest absolute Gasteiger partial charge is 0.357 e. The van der Waals surface area contributed by atoms with Gasteiger partial charge in [-0.25, -0.2) is 4.98 Å². The maximum Gasteiger partial charge on any atom is 0.271 e. The van der Waals surface area contributed by atoms with Gasteiger partial charge in [0, 0.05) is 19.0 Å². The number of halogens is 2. The number of aromatic nitrogens is 2. The van der Waals surface area contributed by atoms with Crippen molar-refractivity contribution in [3.63, 3.8) is 0 Å². The Hall–Kier alpha value is -0.740. The molecule has 0 saturated carbocycles. The van der Waals surface area contributed by atoms with Gasteiger partial charge in [0.25, 0.3) is 5.56 Å². The molecule has 1 unspecified atom stereocenters. The summed E-state index contributed by atoms with van der Waals surface area (Å²) in [6.07, 6.45) is 1.32. The first kappa shape index (κ1) is 11.3. The molecule has 1 N–H and O–H groups in total. The molecule has 4 nitrogen and oxygen atoms in total. The third-order valence-corrected chi connectivity index (χ3v) is 2.14. The van der Waals surface area contributed by atoms with E-state index in [1.165, 1.54) is 6.33 Å². The van der Waals surface area contributed by atoms with Gasteiger partial charge in [-0.05, 0) is 6.92 Å². The first-order valence-corrected chi connectivity index (χ1v) is 4.92. The Morgan fingerprint density at radius 1 is 1.71 bits per heavy atom. The Bertz CT molecular complexity index is 364. The molecule has 78 valence electrons. The predicted molar refractivity (Wildman–Crippen MR) is 58.5 cm³/mol. The second-order valence-electron chi connectivity index (χ2n) is 3.03. The number of nitrogens with one attached hydrogen (secondary N) is 1. The summed E-state index contributed by atoms with van der Waals surface area (Å²) in [6, 6.07) is 0. The number of rotatable bonds is 3. The maximum absolute atomic E-state index is 11.1. The lowest BCUT2D eigenvalue weighted by Crippen LogP contribution is -2.27. The van der Waals surface area contributed by atoms with Gasteiger partial charge < -0.3 is 9.88 Å². The molecule has 1 rings (SSSR count). The van der Waals surface area contributed by atoms with Crippen LogP contribution in [-0.2, 0) is 0 Å². The molecule has 1 heterocycles. The lowest BCUT2D eigenvalue weighted by Gasteiger charge is -2.19. The van der Waals surface area contributed by atoms with Crippen LogP contribution in [0.25, 0.3) is 0 Å². The van der Waals surface area contributed by atoms with Gasteiger partial charge in [0.2, 0.25) is 0 Å². The van der Waals surface area contributed by atoms with E-state index >= 15 is 0 Å². The fourth-order valence-electron chi connectivity index (χ4n) is 1.10. The quantitative estimate of drug-likeness (QED) is 0.809. The number of H-pyrrole nitrogens is 1. The van der Waals surface area contributed by atoms with Crippen molar-refractivity contribution in [3.8, 4) is 0 Å². The van der Waals surface area contributed by atoms with Crippen molar-refractivity contribution in [1.29, 1.82) is 0 Å². The van der Waals surface area contributed by atoms with Gasteiger partial charge in [0.1, 0.15) is 5.02 Å². The summed E-state index contributed by atoms with van der Waals surface area (Å²) in [5.74, 6) is 0.447. The van der Waals surface area contributed by atoms with Crippen LogP contribution in [0.1, 0.15) is 6.92 Å². The smallest absolute Gasteiger partial charge is 0.271 e. The monoisotopic (exact) mass is 235 g/mol. The van der Waals surface area contributed by atoms with Crippen LogP contribution in [0.5, 0.6) is 0 Å². The van der Waals surface area contributed by atoms with Gasteiger partial charge in [-0.15, -0.1) is 11.6 Å². The highest BCUT2D eigenvalue weighted by Crippen LogP contribution is 2.17. The molecule has 0 fully saturated rings. The maximum atomic E-state index is 11.1. The third kappa shape index (κ3) is 2.62. The van der Waals surface area contributed by atoms with Gasteiger partial charge in [-0.2, -0.15) is 0 Å². The van der Waals surface area contributed by atoms with E-state index in [0.717, 1.165) is 0 Å². The lowest BCUT2D eigenvalue weighted by molar-refractivity contribution is 0.839. The molecule has 1 atom stereocenters. The highest BCUT2D eigenvalue weighted by molar-refractivity contribution is 6.32. The Labute approximate surface area is 91.9 Å². The molecule has 6 heteroatoms. The van der Waals surface area contributed by atoms with Crippen LogP contribution in [-0.4, -0.2) is 28.9 Å². The van der Waals surface area contributed by atoms with Gasteiger partial charge >= 0.3 is 0 Å². The summed E-state index contributed by atoms with van der Waals surface area (Å²) in [6.45, 7) is 2.44. The number of aromatic amines is 1. The SMILES string of the molecule is CC(Cl)CN(C)c1nc[nH]c(=O)c1Cl. The van der Waals surface area contributed by atoms with Crippen LogP contribution in [0.15, 0.2) is 11.1 Å². The molecule has 0 spiro atoms. The van der Waals surface area contributed by atoms with E-state index in [2.05, 4.69) is 9.97 Å². The van der Waals surface area contributed by atoms with Crippen LogP contribution in [0.3, 0.4) is 0 Å². The molecular formula is C8H11Cl2N3O. The summed E-state index contributed by atoms with van der Waals surface area (Å²) in [5.41, 5.74) is -0.342. The average Bonchev–Trinajstić information content (AvgIpc) is 2.08. The Morgan fingerprint density at radius 3 is 2.93 bits per heavy atom. The summed E-state index contributed by atoms with van der Waals surface area (Å²) >= 11 is 11.6. The number of nitrogens with zero attached hydrogens (tertiary/aromatic N) is 2. The standard InChI is InChI=1S/C8H11Cl2N3O/c1-5(9)3-13(2)7-6(10)8(14)12-4-11-7/h4-5H,3H2,1-2H3,(H,11,12,14). The van der Waals surface area contributed by atoms with Crippen molar-refractivity contribution in [3.05, 3.63) is 21.7 Å². The van der Waals surface area contributed by atoms with Crippen LogP contribution in [0, 0.1) is 0 Å². The predicted octanol–water partition coefficient (Wildman–Crippen LogP) is 1.49. The van der Waals surface area contributed by atoms with E-state index < -0.39 is 0 Å². The van der Waals surface area contributed by atoms with E-state index in [4.69, 9.17) is 23.2 Å². The van der Waals surface area contributed by atoms with E-state index in [0.29, 0.717) is 12.4 Å². The minimum Gasteiger partial charge on any atom is -0.357 e. The molecular weight excluding hydrogens is 225 g/mol. The number of hydrogen-bond acceptors (Lipinski definition) is 3. The van der Waals surface area contributed by atoms with Crippen molar-refractivity contribution < 1.29 is 0 Å². The Kier molecular flexibility index (Phi) is 3.77. The van der Waals surface area contributed by atoms with Crippen molar-refractivity contribution in [2.24, 2.45) is 0 Å². The molecule has 0 radical (unpaired) electrons. The van der Waals surface area contributed by atoms with Crippen molar-refractivity contribution in [2.75, 3.05) is 18.5 Å². The zero-order chi connectivity index (χ0) is 10.7. The van der Waals surface area contributed by atoms with Gasteiger partial charge in [0.15, 0.2) is 5.82 Å². The minimum atomic E-state index is -0.342. The number of alkyl halides is 1.